The Morgan fingerprint density at radius 1 is 0.909 bits per heavy atom. The molecule has 0 aliphatic rings. The molecule has 0 fully saturated rings. The smallest absolute Gasteiger partial charge is 0.119 e. The molecule has 3 rings (SSSR count). The predicted octanol–water partition coefficient (Wildman–Crippen LogP) is 3.03. The average Bonchev–Trinajstić information content (AvgIpc) is 3.09. The van der Waals surface area contributed by atoms with E-state index >= 15 is 0 Å². The molecule has 22 heavy (non-hydrogen) atoms. The Labute approximate surface area is 128 Å². The van der Waals surface area contributed by atoms with Crippen LogP contribution >= 0.6 is 0 Å². The molecule has 0 aliphatic heterocycles. The van der Waals surface area contributed by atoms with E-state index < -0.39 is 11.9 Å². The summed E-state index contributed by atoms with van der Waals surface area (Å²) in [5, 5.41) is 11.4. The van der Waals surface area contributed by atoms with E-state index in [4.69, 9.17) is 8.83 Å². The number of carbonyl (C=O) groups is 1. The van der Waals surface area contributed by atoms with Gasteiger partial charge in [0.05, 0.1) is 5.97 Å². The standard InChI is InChI=1S/C18H16O4/c1-11-7-9-15(21-11)17(16-10-8-12(2)22-16)13-5-3-4-6-14(13)18(19)20/h3-10,17H,1-2H3,(H,19,20)/p-1. The van der Waals surface area contributed by atoms with Crippen molar-refractivity contribution in [1.82, 2.24) is 0 Å². The molecule has 0 bridgehead atoms. The van der Waals surface area contributed by atoms with Crippen LogP contribution in [0.4, 0.5) is 0 Å². The first-order valence-electron chi connectivity index (χ1n) is 6.99. The van der Waals surface area contributed by atoms with Crippen LogP contribution in [0.5, 0.6) is 0 Å². The first kappa shape index (κ1) is 14.2. The zero-order chi connectivity index (χ0) is 15.7. The van der Waals surface area contributed by atoms with Gasteiger partial charge in [0.1, 0.15) is 29.0 Å². The van der Waals surface area contributed by atoms with Crippen molar-refractivity contribution in [3.8, 4) is 0 Å². The lowest BCUT2D eigenvalue weighted by molar-refractivity contribution is -0.255. The maximum absolute atomic E-state index is 11.4. The molecule has 0 spiro atoms. The van der Waals surface area contributed by atoms with E-state index in [9.17, 15) is 9.90 Å². The van der Waals surface area contributed by atoms with Crippen LogP contribution in [0.15, 0.2) is 57.4 Å². The molecule has 0 radical (unpaired) electrons. The van der Waals surface area contributed by atoms with Crippen LogP contribution in [0, 0.1) is 13.8 Å². The van der Waals surface area contributed by atoms with Gasteiger partial charge in [-0.25, -0.2) is 0 Å². The van der Waals surface area contributed by atoms with Gasteiger partial charge in [-0.15, -0.1) is 0 Å². The zero-order valence-corrected chi connectivity index (χ0v) is 12.3. The molecule has 1 aromatic carbocycles. The Kier molecular flexibility index (Phi) is 3.59. The molecule has 0 saturated heterocycles. The van der Waals surface area contributed by atoms with Gasteiger partial charge in [-0.05, 0) is 43.7 Å². The highest BCUT2D eigenvalue weighted by Crippen LogP contribution is 2.35. The highest BCUT2D eigenvalue weighted by Gasteiger charge is 2.25. The number of aromatic carboxylic acids is 1. The van der Waals surface area contributed by atoms with E-state index in [2.05, 4.69) is 0 Å². The first-order valence-corrected chi connectivity index (χ1v) is 6.99. The van der Waals surface area contributed by atoms with Gasteiger partial charge >= 0.3 is 0 Å². The van der Waals surface area contributed by atoms with Gasteiger partial charge in [-0.3, -0.25) is 0 Å². The predicted molar refractivity (Wildman–Crippen MR) is 78.6 cm³/mol. The van der Waals surface area contributed by atoms with Crippen molar-refractivity contribution in [3.05, 3.63) is 82.7 Å². The third-order valence-electron chi connectivity index (χ3n) is 3.58. The van der Waals surface area contributed by atoms with Gasteiger partial charge in [0.25, 0.3) is 0 Å². The second-order valence-corrected chi connectivity index (χ2v) is 5.20. The topological polar surface area (TPSA) is 66.4 Å². The maximum atomic E-state index is 11.4. The third-order valence-corrected chi connectivity index (χ3v) is 3.58. The number of carboxylic acid groups (broad SMARTS) is 1. The first-order chi connectivity index (χ1) is 10.6. The summed E-state index contributed by atoms with van der Waals surface area (Å²) < 4.78 is 11.5. The minimum atomic E-state index is -1.22. The second-order valence-electron chi connectivity index (χ2n) is 5.20. The normalized spacial score (nSPS) is 11.0. The summed E-state index contributed by atoms with van der Waals surface area (Å²) in [6, 6.07) is 14.1. The Morgan fingerprint density at radius 2 is 1.45 bits per heavy atom. The number of hydrogen-bond donors (Lipinski definition) is 0. The number of benzene rings is 1. The van der Waals surface area contributed by atoms with Gasteiger partial charge < -0.3 is 18.7 Å². The lowest BCUT2D eigenvalue weighted by Gasteiger charge is -2.17. The Morgan fingerprint density at radius 3 is 1.91 bits per heavy atom. The van der Waals surface area contributed by atoms with Crippen LogP contribution in [-0.4, -0.2) is 5.97 Å². The lowest BCUT2D eigenvalue weighted by atomic mass is 9.90. The third kappa shape index (κ3) is 2.55. The fraction of sp³-hybridized carbons (Fsp3) is 0.167. The van der Waals surface area contributed by atoms with E-state index in [1.165, 1.54) is 6.07 Å². The fourth-order valence-corrected chi connectivity index (χ4v) is 2.60. The van der Waals surface area contributed by atoms with Crippen LogP contribution in [-0.2, 0) is 0 Å². The molecule has 0 N–H and O–H groups in total. The Bertz CT molecular complexity index is 770. The van der Waals surface area contributed by atoms with Crippen molar-refractivity contribution in [2.24, 2.45) is 0 Å². The molecule has 112 valence electrons. The van der Waals surface area contributed by atoms with Gasteiger partial charge in [0, 0.05) is 5.56 Å². The van der Waals surface area contributed by atoms with Gasteiger partial charge in [-0.2, -0.15) is 0 Å². The summed E-state index contributed by atoms with van der Waals surface area (Å²) in [4.78, 5) is 11.4. The van der Waals surface area contributed by atoms with E-state index in [0.29, 0.717) is 17.1 Å². The molecule has 0 saturated carbocycles. The molecule has 0 aliphatic carbocycles. The van der Waals surface area contributed by atoms with Crippen LogP contribution in [0.1, 0.15) is 44.9 Å². The van der Waals surface area contributed by atoms with Crippen molar-refractivity contribution < 1.29 is 18.7 Å². The molecular formula is C18H15O4-. The van der Waals surface area contributed by atoms with Crippen molar-refractivity contribution >= 4 is 5.97 Å². The summed E-state index contributed by atoms with van der Waals surface area (Å²) >= 11 is 0. The Hall–Kier alpha value is -2.75. The highest BCUT2D eigenvalue weighted by molar-refractivity contribution is 5.88. The summed E-state index contributed by atoms with van der Waals surface area (Å²) in [6.45, 7) is 3.69. The number of furan rings is 2. The fourth-order valence-electron chi connectivity index (χ4n) is 2.60. The molecule has 2 aromatic heterocycles. The zero-order valence-electron chi connectivity index (χ0n) is 12.3. The molecule has 0 atom stereocenters. The number of hydrogen-bond acceptors (Lipinski definition) is 4. The van der Waals surface area contributed by atoms with Gasteiger partial charge in [-0.1, -0.05) is 24.3 Å². The number of rotatable bonds is 4. The molecule has 4 heteroatoms. The summed E-state index contributed by atoms with van der Waals surface area (Å²) in [5.41, 5.74) is 0.724. The van der Waals surface area contributed by atoms with E-state index in [0.717, 1.165) is 11.5 Å². The number of carbonyl (C=O) groups excluding carboxylic acids is 1. The minimum absolute atomic E-state index is 0.135. The maximum Gasteiger partial charge on any atom is 0.119 e. The van der Waals surface area contributed by atoms with Crippen LogP contribution in [0.3, 0.4) is 0 Å². The summed E-state index contributed by atoms with van der Waals surface area (Å²) in [6.07, 6.45) is 0. The lowest BCUT2D eigenvalue weighted by Crippen LogP contribution is -2.24. The number of carboxylic acids is 1. The van der Waals surface area contributed by atoms with Gasteiger partial charge in [0.2, 0.25) is 0 Å². The van der Waals surface area contributed by atoms with Crippen molar-refractivity contribution in [1.29, 1.82) is 0 Å². The average molecular weight is 295 g/mol. The molecule has 0 unspecified atom stereocenters. The SMILES string of the molecule is Cc1ccc(C(c2ccc(C)o2)c2ccccc2C(=O)[O-])o1. The highest BCUT2D eigenvalue weighted by atomic mass is 16.4. The van der Waals surface area contributed by atoms with Crippen molar-refractivity contribution in [2.75, 3.05) is 0 Å². The van der Waals surface area contributed by atoms with E-state index in [-0.39, 0.29) is 5.56 Å². The molecule has 0 amide bonds. The van der Waals surface area contributed by atoms with Gasteiger partial charge in [0.15, 0.2) is 0 Å². The monoisotopic (exact) mass is 295 g/mol. The molecular weight excluding hydrogens is 280 g/mol. The summed E-state index contributed by atoms with van der Waals surface area (Å²) in [5.74, 6) is 1.16. The van der Waals surface area contributed by atoms with Crippen LogP contribution < -0.4 is 5.11 Å². The van der Waals surface area contributed by atoms with E-state index in [1.54, 1.807) is 18.2 Å². The van der Waals surface area contributed by atoms with Crippen LogP contribution in [0.25, 0.3) is 0 Å². The Balaban J connectivity index is 2.20. The molecule has 4 nitrogen and oxygen atoms in total. The second kappa shape index (κ2) is 5.56. The van der Waals surface area contributed by atoms with Crippen LogP contribution in [0.2, 0.25) is 0 Å². The number of aryl methyl sites for hydroxylation is 2. The van der Waals surface area contributed by atoms with Crippen molar-refractivity contribution in [3.63, 3.8) is 0 Å². The molecule has 3 aromatic rings. The largest absolute Gasteiger partial charge is 0.545 e. The van der Waals surface area contributed by atoms with Crippen molar-refractivity contribution in [2.45, 2.75) is 19.8 Å². The van der Waals surface area contributed by atoms with E-state index in [1.807, 2.05) is 38.1 Å². The quantitative estimate of drug-likeness (QED) is 0.742. The summed E-state index contributed by atoms with van der Waals surface area (Å²) in [7, 11) is 0. The molecule has 2 heterocycles. The minimum Gasteiger partial charge on any atom is -0.545 e.